The lowest BCUT2D eigenvalue weighted by molar-refractivity contribution is 0.0769. The second kappa shape index (κ2) is 7.32. The van der Waals surface area contributed by atoms with E-state index < -0.39 is 0 Å². The van der Waals surface area contributed by atoms with Gasteiger partial charge in [-0.05, 0) is 30.4 Å². The van der Waals surface area contributed by atoms with Crippen molar-refractivity contribution in [1.29, 1.82) is 0 Å². The summed E-state index contributed by atoms with van der Waals surface area (Å²) in [5.74, 6) is 1.72. The van der Waals surface area contributed by atoms with Crippen LogP contribution in [-0.4, -0.2) is 44.2 Å². The Morgan fingerprint density at radius 2 is 2.10 bits per heavy atom. The zero-order chi connectivity index (χ0) is 21.6. The monoisotopic (exact) mass is 419 g/mol. The van der Waals surface area contributed by atoms with Gasteiger partial charge >= 0.3 is 0 Å². The molecule has 2 atom stereocenters. The zero-order valence-corrected chi connectivity index (χ0v) is 18.4. The predicted molar refractivity (Wildman–Crippen MR) is 116 cm³/mol. The first kappa shape index (κ1) is 20.0. The summed E-state index contributed by atoms with van der Waals surface area (Å²) in [7, 11) is 0. The number of carbonyl (C=O) groups excluding carboxylic acids is 1. The third kappa shape index (κ3) is 3.56. The number of nitrogens with zero attached hydrogens (tertiary/aromatic N) is 4. The molecule has 1 N–H and O–H groups in total. The Morgan fingerprint density at radius 1 is 1.29 bits per heavy atom. The van der Waals surface area contributed by atoms with Gasteiger partial charge in [0.1, 0.15) is 5.69 Å². The topological polar surface area (TPSA) is 87.9 Å². The van der Waals surface area contributed by atoms with E-state index in [1.807, 2.05) is 29.2 Å². The Balaban J connectivity index is 1.36. The second-order valence-corrected chi connectivity index (χ2v) is 10.0. The van der Waals surface area contributed by atoms with E-state index in [0.717, 1.165) is 30.5 Å². The van der Waals surface area contributed by atoms with E-state index >= 15 is 0 Å². The molecule has 0 bridgehead atoms. The molecule has 1 amide bonds. The van der Waals surface area contributed by atoms with E-state index in [9.17, 15) is 4.79 Å². The van der Waals surface area contributed by atoms with E-state index in [2.05, 4.69) is 48.3 Å². The van der Waals surface area contributed by atoms with Crippen molar-refractivity contribution in [3.63, 3.8) is 0 Å². The zero-order valence-electron chi connectivity index (χ0n) is 18.4. The molecule has 1 aliphatic heterocycles. The predicted octanol–water partition coefficient (Wildman–Crippen LogP) is 3.87. The smallest absolute Gasteiger partial charge is 0.274 e. The van der Waals surface area contributed by atoms with Crippen molar-refractivity contribution in [2.24, 2.45) is 5.92 Å². The minimum absolute atomic E-state index is 0.0236. The first-order valence-electron chi connectivity index (χ1n) is 11.1. The first-order valence-corrected chi connectivity index (χ1v) is 11.1. The second-order valence-electron chi connectivity index (χ2n) is 10.0. The SMILES string of the molecule is CC(C)(C)c1cc(C(=O)N2C[C@H]3CCC[C@@]3(c3nc(Cc4ccccc4)no3)C2)n[nH]1. The minimum atomic E-state index is -0.235. The van der Waals surface area contributed by atoms with E-state index in [4.69, 9.17) is 9.51 Å². The van der Waals surface area contributed by atoms with Gasteiger partial charge in [0.05, 0.1) is 5.41 Å². The Kier molecular flexibility index (Phi) is 4.72. The third-order valence-electron chi connectivity index (χ3n) is 6.86. The number of carbonyl (C=O) groups is 1. The molecular weight excluding hydrogens is 390 g/mol. The number of rotatable bonds is 4. The lowest BCUT2D eigenvalue weighted by atomic mass is 9.80. The summed E-state index contributed by atoms with van der Waals surface area (Å²) in [5, 5.41) is 11.6. The normalized spacial score (nSPS) is 23.3. The number of H-pyrrole nitrogens is 1. The maximum atomic E-state index is 13.2. The summed E-state index contributed by atoms with van der Waals surface area (Å²) in [6.45, 7) is 7.64. The fourth-order valence-electron chi connectivity index (χ4n) is 5.08. The Hall–Kier alpha value is -2.96. The minimum Gasteiger partial charge on any atom is -0.339 e. The molecule has 0 spiro atoms. The lowest BCUT2D eigenvalue weighted by Gasteiger charge is -2.23. The summed E-state index contributed by atoms with van der Waals surface area (Å²) in [5.41, 5.74) is 2.29. The Morgan fingerprint density at radius 3 is 2.84 bits per heavy atom. The van der Waals surface area contributed by atoms with E-state index in [1.54, 1.807) is 0 Å². The Bertz CT molecular complexity index is 1080. The molecule has 1 saturated carbocycles. The van der Waals surface area contributed by atoms with Gasteiger partial charge in [-0.25, -0.2) is 0 Å². The number of aromatic amines is 1. The standard InChI is InChI=1S/C24H29N5O2/c1-23(2,3)19-13-18(26-27-19)21(30)29-14-17-10-7-11-24(17,15-29)22-25-20(28-31-22)12-16-8-5-4-6-9-16/h4-6,8-9,13,17H,7,10-12,14-15H2,1-3H3,(H,26,27)/t17-,24-/m1/s1. The summed E-state index contributed by atoms with van der Waals surface area (Å²) in [4.78, 5) is 19.9. The highest BCUT2D eigenvalue weighted by atomic mass is 16.5. The molecular formula is C24H29N5O2. The van der Waals surface area contributed by atoms with Gasteiger partial charge in [-0.2, -0.15) is 10.1 Å². The van der Waals surface area contributed by atoms with Gasteiger partial charge in [-0.3, -0.25) is 9.89 Å². The molecule has 0 radical (unpaired) electrons. The summed E-state index contributed by atoms with van der Waals surface area (Å²) in [6.07, 6.45) is 3.83. The molecule has 162 valence electrons. The fraction of sp³-hybridized carbons (Fsp3) is 0.500. The molecule has 1 saturated heterocycles. The number of amides is 1. The largest absolute Gasteiger partial charge is 0.339 e. The fourth-order valence-corrected chi connectivity index (χ4v) is 5.08. The molecule has 7 heteroatoms. The van der Waals surface area contributed by atoms with Crippen LogP contribution in [0.1, 0.15) is 73.5 Å². The van der Waals surface area contributed by atoms with Gasteiger partial charge in [0.15, 0.2) is 5.82 Å². The number of hydrogen-bond acceptors (Lipinski definition) is 5. The van der Waals surface area contributed by atoms with Gasteiger partial charge in [-0.1, -0.05) is 62.7 Å². The van der Waals surface area contributed by atoms with Crippen molar-refractivity contribution in [3.05, 3.63) is 65.1 Å². The van der Waals surface area contributed by atoms with Crippen molar-refractivity contribution in [2.45, 2.75) is 57.3 Å². The average molecular weight is 420 g/mol. The number of benzene rings is 1. The summed E-state index contributed by atoms with van der Waals surface area (Å²) < 4.78 is 5.79. The maximum Gasteiger partial charge on any atom is 0.274 e. The third-order valence-corrected chi connectivity index (χ3v) is 6.86. The first-order chi connectivity index (χ1) is 14.8. The van der Waals surface area contributed by atoms with Crippen LogP contribution in [0, 0.1) is 5.92 Å². The maximum absolute atomic E-state index is 13.2. The number of likely N-dealkylation sites (tertiary alicyclic amines) is 1. The van der Waals surface area contributed by atoms with Gasteiger partial charge in [0.25, 0.3) is 5.91 Å². The number of fused-ring (bicyclic) bond motifs is 1. The van der Waals surface area contributed by atoms with Crippen molar-refractivity contribution in [3.8, 4) is 0 Å². The van der Waals surface area contributed by atoms with E-state index in [-0.39, 0.29) is 16.7 Å². The van der Waals surface area contributed by atoms with E-state index in [1.165, 1.54) is 0 Å². The number of nitrogens with one attached hydrogen (secondary N) is 1. The summed E-state index contributed by atoms with van der Waals surface area (Å²) in [6, 6.07) is 12.1. The van der Waals surface area contributed by atoms with E-state index in [0.29, 0.717) is 42.8 Å². The molecule has 1 aromatic carbocycles. The van der Waals surface area contributed by atoms with Crippen LogP contribution >= 0.6 is 0 Å². The molecule has 31 heavy (non-hydrogen) atoms. The molecule has 7 nitrogen and oxygen atoms in total. The Labute approximate surface area is 182 Å². The van der Waals surface area contributed by atoms with Gasteiger partial charge in [-0.15, -0.1) is 0 Å². The lowest BCUT2D eigenvalue weighted by Crippen LogP contribution is -2.35. The van der Waals surface area contributed by atoms with Gasteiger partial charge < -0.3 is 9.42 Å². The van der Waals surface area contributed by atoms with Crippen LogP contribution in [-0.2, 0) is 17.3 Å². The van der Waals surface area contributed by atoms with Crippen LogP contribution in [0.2, 0.25) is 0 Å². The van der Waals surface area contributed by atoms with Crippen molar-refractivity contribution >= 4 is 5.91 Å². The van der Waals surface area contributed by atoms with Crippen LogP contribution in [0.5, 0.6) is 0 Å². The molecule has 3 aromatic rings. The van der Waals surface area contributed by atoms with Crippen LogP contribution in [0.25, 0.3) is 0 Å². The quantitative estimate of drug-likeness (QED) is 0.693. The molecule has 3 heterocycles. The van der Waals surface area contributed by atoms with Crippen molar-refractivity contribution in [1.82, 2.24) is 25.2 Å². The summed E-state index contributed by atoms with van der Waals surface area (Å²) >= 11 is 0. The van der Waals surface area contributed by atoms with Gasteiger partial charge in [0.2, 0.25) is 5.89 Å². The van der Waals surface area contributed by atoms with Crippen LogP contribution in [0.4, 0.5) is 0 Å². The molecule has 1 aliphatic carbocycles. The molecule has 0 unspecified atom stereocenters. The highest BCUT2D eigenvalue weighted by Crippen LogP contribution is 2.50. The van der Waals surface area contributed by atoms with Crippen molar-refractivity contribution in [2.75, 3.05) is 13.1 Å². The number of aromatic nitrogens is 4. The average Bonchev–Trinajstić information content (AvgIpc) is 3.50. The van der Waals surface area contributed by atoms with Crippen LogP contribution in [0.15, 0.2) is 40.9 Å². The number of hydrogen-bond donors (Lipinski definition) is 1. The van der Waals surface area contributed by atoms with Crippen molar-refractivity contribution < 1.29 is 9.32 Å². The highest BCUT2D eigenvalue weighted by Gasteiger charge is 2.55. The molecule has 5 rings (SSSR count). The highest BCUT2D eigenvalue weighted by molar-refractivity contribution is 5.92. The molecule has 2 fully saturated rings. The molecule has 2 aliphatic rings. The van der Waals surface area contributed by atoms with Crippen LogP contribution < -0.4 is 0 Å². The molecule has 2 aromatic heterocycles. The van der Waals surface area contributed by atoms with Gasteiger partial charge in [0, 0.05) is 30.6 Å². The van der Waals surface area contributed by atoms with Crippen LogP contribution in [0.3, 0.4) is 0 Å².